The van der Waals surface area contributed by atoms with Crippen LogP contribution in [-0.2, 0) is 0 Å². The summed E-state index contributed by atoms with van der Waals surface area (Å²) in [4.78, 5) is 5.03. The van der Waals surface area contributed by atoms with Crippen LogP contribution in [-0.4, -0.2) is 109 Å². The minimum absolute atomic E-state index is 0.172. The minimum Gasteiger partial charge on any atom is -0.393 e. The molecule has 4 fully saturated rings. The monoisotopic (exact) mass is 493 g/mol. The van der Waals surface area contributed by atoms with Crippen molar-refractivity contribution in [1.82, 2.24) is 25.8 Å². The summed E-state index contributed by atoms with van der Waals surface area (Å²) in [5, 5.41) is 33.2. The van der Waals surface area contributed by atoms with Gasteiger partial charge in [-0.05, 0) is 76.9 Å². The Kier molecular flexibility index (Phi) is 12.1. The first kappa shape index (κ1) is 27.7. The van der Waals surface area contributed by atoms with E-state index in [0.29, 0.717) is 30.6 Å². The van der Waals surface area contributed by atoms with Crippen LogP contribution >= 0.6 is 0 Å². The fourth-order valence-electron chi connectivity index (χ4n) is 7.01. The Balaban J connectivity index is 1.34. The predicted octanol–water partition coefficient (Wildman–Crippen LogP) is 1.93. The number of piperidine rings is 3. The van der Waals surface area contributed by atoms with Gasteiger partial charge >= 0.3 is 0 Å². The van der Waals surface area contributed by atoms with Gasteiger partial charge in [0.25, 0.3) is 0 Å². The summed E-state index contributed by atoms with van der Waals surface area (Å²) in [5.41, 5.74) is 0. The van der Waals surface area contributed by atoms with Crippen molar-refractivity contribution in [3.05, 3.63) is 0 Å². The lowest BCUT2D eigenvalue weighted by atomic mass is 9.86. The van der Waals surface area contributed by atoms with E-state index in [0.717, 1.165) is 71.6 Å². The molecule has 1 saturated carbocycles. The van der Waals surface area contributed by atoms with E-state index in [2.05, 4.69) is 25.8 Å². The molecule has 0 amide bonds. The summed E-state index contributed by atoms with van der Waals surface area (Å²) < 4.78 is 0. The molecule has 0 radical (unpaired) electrons. The maximum atomic E-state index is 11.4. The molecular weight excluding hydrogens is 438 g/mol. The van der Waals surface area contributed by atoms with Gasteiger partial charge in [0.1, 0.15) is 0 Å². The molecule has 3 heterocycles. The van der Waals surface area contributed by atoms with Gasteiger partial charge in [0, 0.05) is 57.4 Å². The summed E-state index contributed by atoms with van der Waals surface area (Å²) in [6.45, 7) is 8.85. The van der Waals surface area contributed by atoms with Crippen molar-refractivity contribution >= 4 is 0 Å². The van der Waals surface area contributed by atoms with Crippen molar-refractivity contribution in [3.63, 3.8) is 0 Å². The van der Waals surface area contributed by atoms with Crippen LogP contribution in [0.3, 0.4) is 0 Å². The van der Waals surface area contributed by atoms with Gasteiger partial charge in [0.05, 0.1) is 12.2 Å². The lowest BCUT2D eigenvalue weighted by Crippen LogP contribution is -2.53. The van der Waals surface area contributed by atoms with Gasteiger partial charge in [0.15, 0.2) is 0 Å². The van der Waals surface area contributed by atoms with Gasteiger partial charge in [-0.15, -0.1) is 0 Å². The first-order chi connectivity index (χ1) is 17.2. The zero-order valence-electron chi connectivity index (χ0n) is 22.3. The van der Waals surface area contributed by atoms with Crippen molar-refractivity contribution in [2.45, 2.75) is 114 Å². The summed E-state index contributed by atoms with van der Waals surface area (Å²) in [5.74, 6) is 0.355. The molecule has 4 aliphatic rings. The van der Waals surface area contributed by atoms with E-state index in [1.807, 2.05) is 0 Å². The summed E-state index contributed by atoms with van der Waals surface area (Å²) in [7, 11) is 0. The first-order valence-electron chi connectivity index (χ1n) is 15.2. The third-order valence-electron chi connectivity index (χ3n) is 8.97. The molecule has 5 N–H and O–H groups in total. The molecule has 4 rings (SSSR count). The number of rotatable bonds is 12. The van der Waals surface area contributed by atoms with Gasteiger partial charge in [0.2, 0.25) is 0 Å². The van der Waals surface area contributed by atoms with Crippen LogP contribution in [0.15, 0.2) is 0 Å². The maximum Gasteiger partial charge on any atom is 0.0793 e. The van der Waals surface area contributed by atoms with Crippen LogP contribution < -0.4 is 16.0 Å². The number of nitrogens with zero attached hydrogens (tertiary/aromatic N) is 2. The Morgan fingerprint density at radius 3 is 1.43 bits per heavy atom. The molecule has 0 aromatic carbocycles. The molecule has 204 valence electrons. The molecule has 35 heavy (non-hydrogen) atoms. The van der Waals surface area contributed by atoms with Crippen molar-refractivity contribution in [2.24, 2.45) is 5.92 Å². The molecule has 0 aromatic rings. The number of hydrogen-bond acceptors (Lipinski definition) is 7. The van der Waals surface area contributed by atoms with Crippen molar-refractivity contribution < 1.29 is 10.2 Å². The second-order valence-corrected chi connectivity index (χ2v) is 12.1. The van der Waals surface area contributed by atoms with E-state index in [1.165, 1.54) is 64.2 Å². The van der Waals surface area contributed by atoms with Crippen molar-refractivity contribution in [3.8, 4) is 0 Å². The smallest absolute Gasteiger partial charge is 0.0793 e. The highest BCUT2D eigenvalue weighted by molar-refractivity contribution is 4.85. The summed E-state index contributed by atoms with van der Waals surface area (Å²) in [6.07, 6.45) is 15.5. The summed E-state index contributed by atoms with van der Waals surface area (Å²) in [6, 6.07) is 1.63. The number of nitrogens with one attached hydrogen (secondary N) is 3. The fraction of sp³-hybridized carbons (Fsp3) is 1.00. The molecule has 0 spiro atoms. The average Bonchev–Trinajstić information content (AvgIpc) is 2.87. The van der Waals surface area contributed by atoms with Gasteiger partial charge in [-0.3, -0.25) is 9.80 Å². The topological polar surface area (TPSA) is 83.0 Å². The van der Waals surface area contributed by atoms with Crippen molar-refractivity contribution in [2.75, 3.05) is 58.9 Å². The van der Waals surface area contributed by atoms with E-state index in [-0.39, 0.29) is 12.2 Å². The molecule has 0 bridgehead atoms. The predicted molar refractivity (Wildman–Crippen MR) is 144 cm³/mol. The van der Waals surface area contributed by atoms with Gasteiger partial charge in [-0.2, -0.15) is 0 Å². The Hall–Kier alpha value is -0.280. The SMILES string of the molecule is OC(CN(CC1CCCCN1)CC1CCCCN1)CN(CC1CCCCN1)CC1CCCCC1O. The number of hydrogen-bond donors (Lipinski definition) is 5. The highest BCUT2D eigenvalue weighted by atomic mass is 16.3. The summed E-state index contributed by atoms with van der Waals surface area (Å²) >= 11 is 0. The van der Waals surface area contributed by atoms with E-state index in [9.17, 15) is 10.2 Å². The maximum absolute atomic E-state index is 11.4. The second-order valence-electron chi connectivity index (χ2n) is 12.1. The molecule has 0 aromatic heterocycles. The number of aliphatic hydroxyl groups is 2. The van der Waals surface area contributed by atoms with Crippen LogP contribution in [0.4, 0.5) is 0 Å². The molecule has 1 aliphatic carbocycles. The highest BCUT2D eigenvalue weighted by Crippen LogP contribution is 2.26. The normalized spacial score (nSPS) is 33.8. The molecule has 3 saturated heterocycles. The molecule has 6 atom stereocenters. The van der Waals surface area contributed by atoms with E-state index in [4.69, 9.17) is 0 Å². The molecule has 6 unspecified atom stereocenters. The van der Waals surface area contributed by atoms with Gasteiger partial charge in [-0.1, -0.05) is 32.1 Å². The Labute approximate surface area is 214 Å². The lowest BCUT2D eigenvalue weighted by Gasteiger charge is -2.38. The van der Waals surface area contributed by atoms with Crippen LogP contribution in [0, 0.1) is 5.92 Å². The Morgan fingerprint density at radius 1 is 0.571 bits per heavy atom. The third kappa shape index (κ3) is 9.84. The van der Waals surface area contributed by atoms with Crippen LogP contribution in [0.5, 0.6) is 0 Å². The molecular formula is C28H55N5O2. The fourth-order valence-corrected chi connectivity index (χ4v) is 7.01. The first-order valence-corrected chi connectivity index (χ1v) is 15.2. The van der Waals surface area contributed by atoms with Crippen LogP contribution in [0.25, 0.3) is 0 Å². The lowest BCUT2D eigenvalue weighted by molar-refractivity contribution is 0.0197. The molecule has 7 heteroatoms. The average molecular weight is 494 g/mol. The third-order valence-corrected chi connectivity index (χ3v) is 8.97. The second kappa shape index (κ2) is 15.2. The van der Waals surface area contributed by atoms with E-state index >= 15 is 0 Å². The standard InChI is InChI=1S/C28H55N5O2/c34-27(22-33(19-25-11-4-7-15-30-25)20-26-12-5-8-16-31-26)21-32(18-24-10-3-6-14-29-24)17-23-9-1-2-13-28(23)35/h23-31,34-35H,1-22H2. The van der Waals surface area contributed by atoms with Crippen molar-refractivity contribution in [1.29, 1.82) is 0 Å². The van der Waals surface area contributed by atoms with Crippen LogP contribution in [0.1, 0.15) is 83.5 Å². The Bertz CT molecular complexity index is 544. The van der Waals surface area contributed by atoms with Gasteiger partial charge < -0.3 is 26.2 Å². The molecule has 3 aliphatic heterocycles. The van der Waals surface area contributed by atoms with Gasteiger partial charge in [-0.25, -0.2) is 0 Å². The Morgan fingerprint density at radius 2 is 1.00 bits per heavy atom. The number of aliphatic hydroxyl groups excluding tert-OH is 2. The van der Waals surface area contributed by atoms with Crippen LogP contribution in [0.2, 0.25) is 0 Å². The molecule has 7 nitrogen and oxygen atoms in total. The van der Waals surface area contributed by atoms with E-state index in [1.54, 1.807) is 0 Å². The zero-order valence-corrected chi connectivity index (χ0v) is 22.3. The zero-order chi connectivity index (χ0) is 24.3. The minimum atomic E-state index is -0.355. The van der Waals surface area contributed by atoms with E-state index < -0.39 is 0 Å². The quantitative estimate of drug-likeness (QED) is 0.284. The largest absolute Gasteiger partial charge is 0.393 e. The highest BCUT2D eigenvalue weighted by Gasteiger charge is 2.29.